The summed E-state index contributed by atoms with van der Waals surface area (Å²) >= 11 is 0. The van der Waals surface area contributed by atoms with Crippen LogP contribution in [0.2, 0.25) is 0 Å². The topological polar surface area (TPSA) is 115 Å². The molecule has 0 aliphatic carbocycles. The van der Waals surface area contributed by atoms with E-state index in [9.17, 15) is 14.7 Å². The summed E-state index contributed by atoms with van der Waals surface area (Å²) in [5.74, 6) is -1.17. The first-order valence-electron chi connectivity index (χ1n) is 6.69. The average Bonchev–Trinajstić information content (AvgIpc) is 2.84. The van der Waals surface area contributed by atoms with Gasteiger partial charge in [0.2, 0.25) is 0 Å². The van der Waals surface area contributed by atoms with Crippen molar-refractivity contribution in [2.75, 3.05) is 0 Å². The number of benzene rings is 1. The van der Waals surface area contributed by atoms with Gasteiger partial charge in [-0.05, 0) is 42.7 Å². The highest BCUT2D eigenvalue weighted by Gasteiger charge is 2.25. The predicted molar refractivity (Wildman–Crippen MR) is 76.3 cm³/mol. The Morgan fingerprint density at radius 2 is 2.09 bits per heavy atom. The van der Waals surface area contributed by atoms with Gasteiger partial charge in [-0.15, -0.1) is 0 Å². The standard InChI is InChI=1S/C14H17N3O5/c1-14(2,3)21-13(20)15-10(12(18)19)7-8-5-4-6-9-11(8)17-22-16-9/h4-6,10H,7H2,1-3H3,(H,15,20)(H,18,19). The second-order valence-corrected chi connectivity index (χ2v) is 5.79. The number of carboxylic acid groups (broad SMARTS) is 1. The van der Waals surface area contributed by atoms with Gasteiger partial charge in [-0.2, -0.15) is 0 Å². The van der Waals surface area contributed by atoms with Gasteiger partial charge >= 0.3 is 12.1 Å². The number of hydrogen-bond acceptors (Lipinski definition) is 6. The predicted octanol–water partition coefficient (Wildman–Crippen LogP) is 1.74. The Balaban J connectivity index is 2.14. The molecule has 1 aromatic heterocycles. The number of aliphatic carboxylic acids is 1. The SMILES string of the molecule is CC(C)(C)OC(=O)NC(Cc1cccc2nonc12)C(=O)O. The minimum absolute atomic E-state index is 0.0418. The van der Waals surface area contributed by atoms with Gasteiger partial charge < -0.3 is 15.2 Å². The zero-order valence-corrected chi connectivity index (χ0v) is 12.5. The normalized spacial score (nSPS) is 12.9. The molecule has 22 heavy (non-hydrogen) atoms. The molecule has 0 aliphatic rings. The first-order valence-corrected chi connectivity index (χ1v) is 6.69. The van der Waals surface area contributed by atoms with E-state index in [0.29, 0.717) is 16.6 Å². The smallest absolute Gasteiger partial charge is 0.408 e. The molecule has 1 aromatic carbocycles. The van der Waals surface area contributed by atoms with Gasteiger partial charge in [-0.25, -0.2) is 14.2 Å². The number of amides is 1. The number of hydrogen-bond donors (Lipinski definition) is 2. The van der Waals surface area contributed by atoms with Crippen molar-refractivity contribution in [2.45, 2.75) is 38.8 Å². The lowest BCUT2D eigenvalue weighted by atomic mass is 10.0. The van der Waals surface area contributed by atoms with Gasteiger partial charge in [0.25, 0.3) is 0 Å². The molecule has 1 unspecified atom stereocenters. The fourth-order valence-electron chi connectivity index (χ4n) is 1.90. The van der Waals surface area contributed by atoms with Crippen LogP contribution in [0, 0.1) is 0 Å². The summed E-state index contributed by atoms with van der Waals surface area (Å²) in [5.41, 5.74) is 0.907. The molecular weight excluding hydrogens is 290 g/mol. The van der Waals surface area contributed by atoms with Crippen molar-refractivity contribution in [3.8, 4) is 0 Å². The minimum Gasteiger partial charge on any atom is -0.480 e. The number of carbonyl (C=O) groups excluding carboxylic acids is 1. The first-order chi connectivity index (χ1) is 10.3. The highest BCUT2D eigenvalue weighted by atomic mass is 16.6. The van der Waals surface area contributed by atoms with E-state index in [1.807, 2.05) is 0 Å². The maximum absolute atomic E-state index is 11.7. The number of carboxylic acids is 1. The lowest BCUT2D eigenvalue weighted by Gasteiger charge is -2.22. The van der Waals surface area contributed by atoms with Crippen LogP contribution in [-0.2, 0) is 16.0 Å². The maximum atomic E-state index is 11.7. The monoisotopic (exact) mass is 307 g/mol. The van der Waals surface area contributed by atoms with Crippen molar-refractivity contribution >= 4 is 23.1 Å². The third kappa shape index (κ3) is 3.94. The second kappa shape index (κ2) is 6.00. The third-order valence-electron chi connectivity index (χ3n) is 2.78. The third-order valence-corrected chi connectivity index (χ3v) is 2.78. The van der Waals surface area contributed by atoms with Crippen molar-refractivity contribution < 1.29 is 24.1 Å². The summed E-state index contributed by atoms with van der Waals surface area (Å²) < 4.78 is 9.70. The van der Waals surface area contributed by atoms with Gasteiger partial charge in [0, 0.05) is 6.42 Å². The summed E-state index contributed by atoms with van der Waals surface area (Å²) in [6, 6.07) is 3.98. The van der Waals surface area contributed by atoms with Crippen molar-refractivity contribution in [3.63, 3.8) is 0 Å². The Hall–Kier alpha value is -2.64. The Morgan fingerprint density at radius 3 is 2.73 bits per heavy atom. The molecule has 2 N–H and O–H groups in total. The van der Waals surface area contributed by atoms with E-state index in [2.05, 4.69) is 20.3 Å². The zero-order valence-electron chi connectivity index (χ0n) is 12.5. The molecule has 0 saturated heterocycles. The molecule has 1 heterocycles. The zero-order chi connectivity index (χ0) is 16.3. The Morgan fingerprint density at radius 1 is 1.36 bits per heavy atom. The molecular formula is C14H17N3O5. The molecule has 2 aromatic rings. The summed E-state index contributed by atoms with van der Waals surface area (Å²) in [6.45, 7) is 5.10. The molecule has 0 bridgehead atoms. The quantitative estimate of drug-likeness (QED) is 0.884. The van der Waals surface area contributed by atoms with E-state index in [1.165, 1.54) is 0 Å². The Bertz CT molecular complexity index is 689. The molecule has 8 nitrogen and oxygen atoms in total. The summed E-state index contributed by atoms with van der Waals surface area (Å²) in [6.07, 6.45) is -0.745. The van der Waals surface area contributed by atoms with Gasteiger partial charge in [0.1, 0.15) is 22.7 Å². The van der Waals surface area contributed by atoms with Crippen LogP contribution >= 0.6 is 0 Å². The van der Waals surface area contributed by atoms with Crippen LogP contribution in [0.15, 0.2) is 22.8 Å². The number of rotatable bonds is 4. The molecule has 1 amide bonds. The van der Waals surface area contributed by atoms with Gasteiger partial charge in [0.15, 0.2) is 0 Å². The van der Waals surface area contributed by atoms with Crippen molar-refractivity contribution in [2.24, 2.45) is 0 Å². The van der Waals surface area contributed by atoms with Crippen molar-refractivity contribution in [3.05, 3.63) is 23.8 Å². The van der Waals surface area contributed by atoms with Gasteiger partial charge in [0.05, 0.1) is 0 Å². The van der Waals surface area contributed by atoms with E-state index < -0.39 is 23.7 Å². The molecule has 0 spiro atoms. The summed E-state index contributed by atoms with van der Waals surface area (Å²) in [4.78, 5) is 23.1. The Labute approximate surface area is 126 Å². The number of nitrogens with zero attached hydrogens (tertiary/aromatic N) is 2. The number of aromatic nitrogens is 2. The largest absolute Gasteiger partial charge is 0.480 e. The highest BCUT2D eigenvalue weighted by Crippen LogP contribution is 2.16. The molecule has 0 saturated carbocycles. The van der Waals surface area contributed by atoms with E-state index >= 15 is 0 Å². The molecule has 1 atom stereocenters. The van der Waals surface area contributed by atoms with Gasteiger partial charge in [-0.1, -0.05) is 12.1 Å². The van der Waals surface area contributed by atoms with Crippen LogP contribution < -0.4 is 5.32 Å². The van der Waals surface area contributed by atoms with E-state index in [0.717, 1.165) is 0 Å². The van der Waals surface area contributed by atoms with Crippen LogP contribution in [0.25, 0.3) is 11.0 Å². The lowest BCUT2D eigenvalue weighted by Crippen LogP contribution is -2.44. The highest BCUT2D eigenvalue weighted by molar-refractivity contribution is 5.82. The number of nitrogens with one attached hydrogen (secondary N) is 1. The molecule has 2 rings (SSSR count). The molecule has 0 radical (unpaired) electrons. The maximum Gasteiger partial charge on any atom is 0.408 e. The molecule has 8 heteroatoms. The number of carbonyl (C=O) groups is 2. The van der Waals surface area contributed by atoms with Crippen LogP contribution in [0.5, 0.6) is 0 Å². The number of alkyl carbamates (subject to hydrolysis) is 1. The van der Waals surface area contributed by atoms with E-state index in [4.69, 9.17) is 4.74 Å². The molecule has 0 fully saturated rings. The van der Waals surface area contributed by atoms with Gasteiger partial charge in [-0.3, -0.25) is 0 Å². The fourth-order valence-corrected chi connectivity index (χ4v) is 1.90. The minimum atomic E-state index is -1.17. The molecule has 118 valence electrons. The molecule has 0 aliphatic heterocycles. The summed E-state index contributed by atoms with van der Waals surface area (Å²) in [7, 11) is 0. The Kier molecular flexibility index (Phi) is 4.30. The lowest BCUT2D eigenvalue weighted by molar-refractivity contribution is -0.139. The second-order valence-electron chi connectivity index (χ2n) is 5.79. The van der Waals surface area contributed by atoms with Crippen LogP contribution in [0.4, 0.5) is 4.79 Å². The summed E-state index contributed by atoms with van der Waals surface area (Å²) in [5, 5.41) is 19.1. The first kappa shape index (κ1) is 15.7. The number of fused-ring (bicyclic) bond motifs is 1. The van der Waals surface area contributed by atoms with Crippen LogP contribution in [0.3, 0.4) is 0 Å². The average molecular weight is 307 g/mol. The van der Waals surface area contributed by atoms with E-state index in [-0.39, 0.29) is 6.42 Å². The van der Waals surface area contributed by atoms with E-state index in [1.54, 1.807) is 39.0 Å². The number of ether oxygens (including phenoxy) is 1. The van der Waals surface area contributed by atoms with Crippen LogP contribution in [0.1, 0.15) is 26.3 Å². The van der Waals surface area contributed by atoms with Crippen molar-refractivity contribution in [1.29, 1.82) is 0 Å². The van der Waals surface area contributed by atoms with Crippen LogP contribution in [-0.4, -0.2) is 39.1 Å². The van der Waals surface area contributed by atoms with Crippen molar-refractivity contribution in [1.82, 2.24) is 15.6 Å². The fraction of sp³-hybridized carbons (Fsp3) is 0.429.